The van der Waals surface area contributed by atoms with Crippen LogP contribution in [-0.4, -0.2) is 40.9 Å². The molecule has 0 spiro atoms. The number of nitrogen functional groups attached to an aromatic ring is 1. The van der Waals surface area contributed by atoms with Gasteiger partial charge in [0, 0.05) is 25.2 Å². The molecule has 0 radical (unpaired) electrons. The van der Waals surface area contributed by atoms with Crippen LogP contribution < -0.4 is 10.6 Å². The zero-order valence-electron chi connectivity index (χ0n) is 9.76. The molecule has 0 bridgehead atoms. The zero-order chi connectivity index (χ0) is 11.8. The first-order valence-corrected chi connectivity index (χ1v) is 5.69. The van der Waals surface area contributed by atoms with Gasteiger partial charge < -0.3 is 15.4 Å². The van der Waals surface area contributed by atoms with Gasteiger partial charge in [0.05, 0.1) is 18.9 Å². The first-order chi connectivity index (χ1) is 8.24. The Bertz CT molecular complexity index is 544. The lowest BCUT2D eigenvalue weighted by Crippen LogP contribution is -2.37. The smallest absolute Gasteiger partial charge is 0.159 e. The number of anilines is 2. The van der Waals surface area contributed by atoms with Crippen molar-refractivity contribution in [3.05, 3.63) is 17.8 Å². The first kappa shape index (κ1) is 10.3. The molecule has 90 valence electrons. The van der Waals surface area contributed by atoms with E-state index in [2.05, 4.69) is 15.0 Å². The Balaban J connectivity index is 2.12. The maximum atomic E-state index is 5.83. The number of rotatable bonds is 1. The van der Waals surface area contributed by atoms with Crippen LogP contribution in [0, 0.1) is 6.92 Å². The van der Waals surface area contributed by atoms with Gasteiger partial charge in [0.15, 0.2) is 5.65 Å². The molecule has 3 rings (SSSR count). The van der Waals surface area contributed by atoms with Crippen molar-refractivity contribution in [1.82, 2.24) is 14.6 Å². The van der Waals surface area contributed by atoms with Crippen LogP contribution in [0.25, 0.3) is 5.65 Å². The molecule has 0 atom stereocenters. The Morgan fingerprint density at radius 2 is 2.06 bits per heavy atom. The number of nitrogens with zero attached hydrogens (tertiary/aromatic N) is 4. The van der Waals surface area contributed by atoms with E-state index in [0.717, 1.165) is 43.5 Å². The summed E-state index contributed by atoms with van der Waals surface area (Å²) in [6.45, 7) is 5.15. The van der Waals surface area contributed by atoms with Gasteiger partial charge in [0.25, 0.3) is 0 Å². The summed E-state index contributed by atoms with van der Waals surface area (Å²) in [6.07, 6.45) is 0. The topological polar surface area (TPSA) is 68.7 Å². The van der Waals surface area contributed by atoms with Gasteiger partial charge >= 0.3 is 0 Å². The van der Waals surface area contributed by atoms with Crippen molar-refractivity contribution in [2.24, 2.45) is 0 Å². The van der Waals surface area contributed by atoms with Crippen molar-refractivity contribution < 1.29 is 4.74 Å². The van der Waals surface area contributed by atoms with E-state index in [0.29, 0.717) is 5.82 Å². The zero-order valence-corrected chi connectivity index (χ0v) is 9.76. The molecule has 1 aliphatic rings. The van der Waals surface area contributed by atoms with E-state index in [4.69, 9.17) is 10.5 Å². The predicted molar refractivity (Wildman–Crippen MR) is 65.2 cm³/mol. The van der Waals surface area contributed by atoms with E-state index >= 15 is 0 Å². The third-order valence-electron chi connectivity index (χ3n) is 2.89. The van der Waals surface area contributed by atoms with Crippen molar-refractivity contribution in [2.45, 2.75) is 6.92 Å². The fraction of sp³-hybridized carbons (Fsp3) is 0.455. The minimum absolute atomic E-state index is 0.527. The van der Waals surface area contributed by atoms with Gasteiger partial charge in [-0.05, 0) is 6.92 Å². The summed E-state index contributed by atoms with van der Waals surface area (Å²) in [5.41, 5.74) is 7.57. The number of aromatic nitrogens is 3. The molecule has 0 aliphatic carbocycles. The highest BCUT2D eigenvalue weighted by Gasteiger charge is 2.16. The highest BCUT2D eigenvalue weighted by molar-refractivity contribution is 5.57. The Morgan fingerprint density at radius 1 is 1.29 bits per heavy atom. The Morgan fingerprint density at radius 3 is 2.82 bits per heavy atom. The Hall–Kier alpha value is -1.82. The van der Waals surface area contributed by atoms with Gasteiger partial charge in [-0.1, -0.05) is 0 Å². The molecule has 1 saturated heterocycles. The van der Waals surface area contributed by atoms with Crippen LogP contribution in [0.3, 0.4) is 0 Å². The minimum Gasteiger partial charge on any atom is -0.384 e. The van der Waals surface area contributed by atoms with Crippen molar-refractivity contribution in [3.63, 3.8) is 0 Å². The Kier molecular flexibility index (Phi) is 2.36. The molecule has 17 heavy (non-hydrogen) atoms. The van der Waals surface area contributed by atoms with E-state index in [1.54, 1.807) is 0 Å². The predicted octanol–water partition coefficient (Wildman–Crippen LogP) is 0.457. The Labute approximate surface area is 99.0 Å². The van der Waals surface area contributed by atoms with E-state index < -0.39 is 0 Å². The van der Waals surface area contributed by atoms with Crippen molar-refractivity contribution >= 4 is 17.3 Å². The van der Waals surface area contributed by atoms with Crippen LogP contribution >= 0.6 is 0 Å². The fourth-order valence-corrected chi connectivity index (χ4v) is 2.11. The van der Waals surface area contributed by atoms with Gasteiger partial charge in [-0.2, -0.15) is 9.61 Å². The summed E-state index contributed by atoms with van der Waals surface area (Å²) < 4.78 is 7.19. The number of fused-ring (bicyclic) bond motifs is 1. The molecule has 0 unspecified atom stereocenters. The number of nitrogens with two attached hydrogens (primary N) is 1. The van der Waals surface area contributed by atoms with E-state index in [1.807, 2.05) is 23.6 Å². The molecule has 2 N–H and O–H groups in total. The summed E-state index contributed by atoms with van der Waals surface area (Å²) in [4.78, 5) is 6.50. The molecule has 0 saturated carbocycles. The summed E-state index contributed by atoms with van der Waals surface area (Å²) in [5, 5.41) is 4.45. The van der Waals surface area contributed by atoms with E-state index in [-0.39, 0.29) is 0 Å². The summed E-state index contributed by atoms with van der Waals surface area (Å²) in [5.74, 6) is 1.52. The van der Waals surface area contributed by atoms with Gasteiger partial charge in [-0.25, -0.2) is 4.98 Å². The number of aryl methyl sites for hydroxylation is 1. The van der Waals surface area contributed by atoms with Crippen LogP contribution in [0.2, 0.25) is 0 Å². The second-order valence-electron chi connectivity index (χ2n) is 4.19. The van der Waals surface area contributed by atoms with E-state index in [1.165, 1.54) is 0 Å². The van der Waals surface area contributed by atoms with Gasteiger partial charge in [-0.3, -0.25) is 0 Å². The second kappa shape index (κ2) is 3.89. The van der Waals surface area contributed by atoms with Gasteiger partial charge in [0.2, 0.25) is 0 Å². The van der Waals surface area contributed by atoms with Crippen LogP contribution in [0.15, 0.2) is 12.1 Å². The number of hydrogen-bond acceptors (Lipinski definition) is 5. The van der Waals surface area contributed by atoms with Crippen molar-refractivity contribution in [3.8, 4) is 0 Å². The van der Waals surface area contributed by atoms with Crippen LogP contribution in [-0.2, 0) is 4.74 Å². The fourth-order valence-electron chi connectivity index (χ4n) is 2.11. The maximum Gasteiger partial charge on any atom is 0.159 e. The lowest BCUT2D eigenvalue weighted by Gasteiger charge is -2.28. The lowest BCUT2D eigenvalue weighted by atomic mass is 10.4. The lowest BCUT2D eigenvalue weighted by molar-refractivity contribution is 0.122. The molecular formula is C11H15N5O. The highest BCUT2D eigenvalue weighted by Crippen LogP contribution is 2.20. The third kappa shape index (κ3) is 1.80. The van der Waals surface area contributed by atoms with Gasteiger partial charge in [-0.15, -0.1) is 0 Å². The summed E-state index contributed by atoms with van der Waals surface area (Å²) >= 11 is 0. The third-order valence-corrected chi connectivity index (χ3v) is 2.89. The van der Waals surface area contributed by atoms with E-state index in [9.17, 15) is 0 Å². The van der Waals surface area contributed by atoms with Crippen molar-refractivity contribution in [2.75, 3.05) is 36.9 Å². The standard InChI is InChI=1S/C11H15N5O/c1-8-6-10-13-9(12)7-11(16(10)14-8)15-2-4-17-5-3-15/h6-7H,2-5H2,1H3,(H2,12,13). The summed E-state index contributed by atoms with van der Waals surface area (Å²) in [7, 11) is 0. The average molecular weight is 233 g/mol. The molecular weight excluding hydrogens is 218 g/mol. The molecule has 6 heteroatoms. The van der Waals surface area contributed by atoms with Crippen LogP contribution in [0.5, 0.6) is 0 Å². The number of ether oxygens (including phenoxy) is 1. The van der Waals surface area contributed by atoms with Crippen LogP contribution in [0.1, 0.15) is 5.69 Å². The number of morpholine rings is 1. The normalized spacial score (nSPS) is 16.6. The average Bonchev–Trinajstić information content (AvgIpc) is 2.69. The van der Waals surface area contributed by atoms with Gasteiger partial charge in [0.1, 0.15) is 11.6 Å². The quantitative estimate of drug-likeness (QED) is 0.774. The van der Waals surface area contributed by atoms with Crippen molar-refractivity contribution in [1.29, 1.82) is 0 Å². The molecule has 0 aromatic carbocycles. The minimum atomic E-state index is 0.527. The maximum absolute atomic E-state index is 5.83. The molecule has 3 heterocycles. The highest BCUT2D eigenvalue weighted by atomic mass is 16.5. The van der Waals surface area contributed by atoms with Crippen LogP contribution in [0.4, 0.5) is 11.6 Å². The monoisotopic (exact) mass is 233 g/mol. The molecule has 2 aromatic heterocycles. The molecule has 1 fully saturated rings. The summed E-state index contributed by atoms with van der Waals surface area (Å²) in [6, 6.07) is 3.80. The molecule has 2 aromatic rings. The largest absolute Gasteiger partial charge is 0.384 e. The SMILES string of the molecule is Cc1cc2nc(N)cc(N3CCOCC3)n2n1. The molecule has 6 nitrogen and oxygen atoms in total. The number of hydrogen-bond donors (Lipinski definition) is 1. The second-order valence-corrected chi connectivity index (χ2v) is 4.19. The molecule has 0 amide bonds. The molecule has 1 aliphatic heterocycles. The first-order valence-electron chi connectivity index (χ1n) is 5.69.